The lowest BCUT2D eigenvalue weighted by Gasteiger charge is -2.22. The third-order valence-electron chi connectivity index (χ3n) is 2.49. The minimum Gasteiger partial charge on any atom is -0.478 e. The van der Waals surface area contributed by atoms with Gasteiger partial charge in [0.15, 0.2) is 0 Å². The van der Waals surface area contributed by atoms with Gasteiger partial charge in [-0.05, 0) is 12.5 Å². The lowest BCUT2D eigenvalue weighted by atomic mass is 10.1. The minimum atomic E-state index is -1.26. The van der Waals surface area contributed by atoms with Gasteiger partial charge in [0, 0.05) is 11.5 Å². The first-order valence-corrected chi connectivity index (χ1v) is 6.72. The molecule has 1 aliphatic heterocycles. The van der Waals surface area contributed by atoms with E-state index in [2.05, 4.69) is 0 Å². The Morgan fingerprint density at radius 2 is 2.00 bits per heavy atom. The maximum atomic E-state index is 11.2. The Bertz CT molecular complexity index is 480. The second-order valence-electron chi connectivity index (χ2n) is 3.66. The second-order valence-corrected chi connectivity index (χ2v) is 5.50. The molecule has 1 unspecified atom stereocenters. The van der Waals surface area contributed by atoms with E-state index in [1.807, 2.05) is 0 Å². The van der Waals surface area contributed by atoms with E-state index < -0.39 is 20.1 Å². The van der Waals surface area contributed by atoms with E-state index in [0.717, 1.165) is 6.42 Å². The number of rotatable bonds is 3. The normalized spacial score (nSPS) is 19.4. The van der Waals surface area contributed by atoms with E-state index in [0.29, 0.717) is 18.1 Å². The lowest BCUT2D eigenvalue weighted by Crippen LogP contribution is -2.23. The standard InChI is InChI=1S/C11H11O6P/c12-10(13)7-3-1-4-8(9(7)11(14)15)18-6-2-5-16-17-18/h1,3-4H,2,5-6H2,(H,12,13)(H,14,15). The quantitative estimate of drug-likeness (QED) is 0.638. The summed E-state index contributed by atoms with van der Waals surface area (Å²) < 4.78 is 5.10. The summed E-state index contributed by atoms with van der Waals surface area (Å²) in [6.07, 6.45) is 1.43. The summed E-state index contributed by atoms with van der Waals surface area (Å²) in [6.45, 7) is 0.472. The highest BCUT2D eigenvalue weighted by atomic mass is 31.1. The predicted molar refractivity (Wildman–Crippen MR) is 63.4 cm³/mol. The van der Waals surface area contributed by atoms with Crippen molar-refractivity contribution in [2.45, 2.75) is 6.42 Å². The average molecular weight is 270 g/mol. The van der Waals surface area contributed by atoms with Crippen molar-refractivity contribution in [3.63, 3.8) is 0 Å². The largest absolute Gasteiger partial charge is 0.478 e. The van der Waals surface area contributed by atoms with Gasteiger partial charge >= 0.3 is 11.9 Å². The van der Waals surface area contributed by atoms with Crippen molar-refractivity contribution in [1.82, 2.24) is 0 Å². The molecule has 1 aromatic rings. The molecule has 1 atom stereocenters. The van der Waals surface area contributed by atoms with Crippen LogP contribution >= 0.6 is 8.15 Å². The molecule has 0 amide bonds. The number of aromatic carboxylic acids is 2. The predicted octanol–water partition coefficient (Wildman–Crippen LogP) is 1.46. The summed E-state index contributed by atoms with van der Waals surface area (Å²) in [5.41, 5.74) is -0.432. The Balaban J connectivity index is 2.48. The molecule has 1 fully saturated rings. The molecule has 0 bridgehead atoms. The first kappa shape index (κ1) is 13.0. The number of carboxylic acid groups (broad SMARTS) is 2. The monoisotopic (exact) mass is 270 g/mol. The van der Waals surface area contributed by atoms with Gasteiger partial charge in [0.1, 0.15) is 8.15 Å². The van der Waals surface area contributed by atoms with Crippen LogP contribution in [0, 0.1) is 0 Å². The zero-order valence-corrected chi connectivity index (χ0v) is 10.2. The van der Waals surface area contributed by atoms with Gasteiger partial charge in [-0.3, -0.25) is 0 Å². The highest BCUT2D eigenvalue weighted by Gasteiger charge is 2.27. The van der Waals surface area contributed by atoms with Crippen LogP contribution in [0.25, 0.3) is 0 Å². The van der Waals surface area contributed by atoms with Crippen LogP contribution in [-0.2, 0) is 9.56 Å². The molecule has 0 aliphatic carbocycles. The van der Waals surface area contributed by atoms with Gasteiger partial charge in [0.05, 0.1) is 17.7 Å². The van der Waals surface area contributed by atoms with Crippen LogP contribution in [0.3, 0.4) is 0 Å². The molecule has 1 heterocycles. The number of carbonyl (C=O) groups is 2. The van der Waals surface area contributed by atoms with Crippen LogP contribution in [-0.4, -0.2) is 34.9 Å². The Labute approximate surface area is 104 Å². The zero-order chi connectivity index (χ0) is 13.1. The maximum Gasteiger partial charge on any atom is 0.337 e. The molecule has 0 aromatic heterocycles. The third-order valence-corrected chi connectivity index (χ3v) is 4.40. The molecule has 0 radical (unpaired) electrons. The van der Waals surface area contributed by atoms with E-state index >= 15 is 0 Å². The van der Waals surface area contributed by atoms with Crippen molar-refractivity contribution in [1.29, 1.82) is 0 Å². The van der Waals surface area contributed by atoms with Crippen LogP contribution in [0.5, 0.6) is 0 Å². The molecule has 1 aliphatic rings. The summed E-state index contributed by atoms with van der Waals surface area (Å²) in [5, 5.41) is 18.6. The Kier molecular flexibility index (Phi) is 3.91. The fourth-order valence-electron chi connectivity index (χ4n) is 1.72. The van der Waals surface area contributed by atoms with Crippen LogP contribution < -0.4 is 5.30 Å². The van der Waals surface area contributed by atoms with Crippen molar-refractivity contribution in [2.75, 3.05) is 12.8 Å². The molecule has 2 rings (SSSR count). The van der Waals surface area contributed by atoms with E-state index in [4.69, 9.17) is 14.7 Å². The van der Waals surface area contributed by atoms with Crippen LogP contribution in [0.4, 0.5) is 0 Å². The Morgan fingerprint density at radius 3 is 2.56 bits per heavy atom. The lowest BCUT2D eigenvalue weighted by molar-refractivity contribution is -0.205. The van der Waals surface area contributed by atoms with E-state index in [-0.39, 0.29) is 11.1 Å². The van der Waals surface area contributed by atoms with Gasteiger partial charge in [0.25, 0.3) is 0 Å². The molecule has 6 nitrogen and oxygen atoms in total. The van der Waals surface area contributed by atoms with Gasteiger partial charge < -0.3 is 10.2 Å². The summed E-state index contributed by atoms with van der Waals surface area (Å²) >= 11 is 0. The highest BCUT2D eigenvalue weighted by molar-refractivity contribution is 7.61. The van der Waals surface area contributed by atoms with Crippen molar-refractivity contribution < 1.29 is 29.4 Å². The SMILES string of the molecule is O=C(O)c1cccc(P2CCCOO2)c1C(=O)O. The molecule has 0 spiro atoms. The molecule has 2 N–H and O–H groups in total. The van der Waals surface area contributed by atoms with Gasteiger partial charge in [-0.2, -0.15) is 0 Å². The summed E-state index contributed by atoms with van der Waals surface area (Å²) in [5.74, 6) is -2.53. The van der Waals surface area contributed by atoms with Gasteiger partial charge in [-0.15, -0.1) is 0 Å². The van der Waals surface area contributed by atoms with E-state index in [1.54, 1.807) is 6.07 Å². The first-order chi connectivity index (χ1) is 8.61. The molecule has 7 heteroatoms. The number of benzene rings is 1. The third kappa shape index (κ3) is 2.51. The van der Waals surface area contributed by atoms with E-state index in [9.17, 15) is 14.7 Å². The maximum absolute atomic E-state index is 11.2. The van der Waals surface area contributed by atoms with Crippen molar-refractivity contribution in [3.05, 3.63) is 29.3 Å². The topological polar surface area (TPSA) is 93.1 Å². The van der Waals surface area contributed by atoms with Crippen LogP contribution in [0.2, 0.25) is 0 Å². The molecule has 18 heavy (non-hydrogen) atoms. The van der Waals surface area contributed by atoms with Gasteiger partial charge in [0.2, 0.25) is 0 Å². The van der Waals surface area contributed by atoms with Crippen LogP contribution in [0.15, 0.2) is 18.2 Å². The highest BCUT2D eigenvalue weighted by Crippen LogP contribution is 2.41. The number of carboxylic acids is 2. The van der Waals surface area contributed by atoms with Crippen molar-refractivity contribution in [2.24, 2.45) is 0 Å². The molecule has 1 saturated heterocycles. The van der Waals surface area contributed by atoms with Gasteiger partial charge in [-0.1, -0.05) is 12.1 Å². The summed E-state index contributed by atoms with van der Waals surface area (Å²) in [4.78, 5) is 27.1. The van der Waals surface area contributed by atoms with Crippen molar-refractivity contribution in [3.8, 4) is 0 Å². The summed E-state index contributed by atoms with van der Waals surface area (Å²) in [7, 11) is -1.23. The van der Waals surface area contributed by atoms with Crippen LogP contribution in [0.1, 0.15) is 27.1 Å². The van der Waals surface area contributed by atoms with Gasteiger partial charge in [-0.25, -0.2) is 19.2 Å². The first-order valence-electron chi connectivity index (χ1n) is 5.28. The Hall–Kier alpha value is -1.49. The van der Waals surface area contributed by atoms with Crippen molar-refractivity contribution >= 4 is 25.4 Å². The smallest absolute Gasteiger partial charge is 0.337 e. The number of hydrogen-bond donors (Lipinski definition) is 2. The molecule has 0 saturated carbocycles. The average Bonchev–Trinajstić information content (AvgIpc) is 2.38. The molecular weight excluding hydrogens is 259 g/mol. The van der Waals surface area contributed by atoms with E-state index in [1.165, 1.54) is 12.1 Å². The molecular formula is C11H11O6P. The zero-order valence-electron chi connectivity index (χ0n) is 9.33. The fourth-order valence-corrected chi connectivity index (χ4v) is 3.45. The molecule has 1 aromatic carbocycles. The molecule has 96 valence electrons. The summed E-state index contributed by atoms with van der Waals surface area (Å²) in [6, 6.07) is 4.37. The Morgan fingerprint density at radius 1 is 1.22 bits per heavy atom. The number of hydrogen-bond acceptors (Lipinski definition) is 4. The minimum absolute atomic E-state index is 0.207. The fraction of sp³-hybridized carbons (Fsp3) is 0.273. The second kappa shape index (κ2) is 5.44.